The van der Waals surface area contributed by atoms with Gasteiger partial charge in [-0.15, -0.1) is 0 Å². The maximum absolute atomic E-state index is 4.91. The Kier molecular flexibility index (Phi) is 4.36. The number of para-hydroxylation sites is 1. The van der Waals surface area contributed by atoms with E-state index in [-0.39, 0.29) is 0 Å². The molecule has 0 saturated heterocycles. The number of nitrogens with zero attached hydrogens (tertiary/aromatic N) is 6. The highest BCUT2D eigenvalue weighted by molar-refractivity contribution is 5.95. The third kappa shape index (κ3) is 3.28. The van der Waals surface area contributed by atoms with Crippen molar-refractivity contribution in [3.63, 3.8) is 0 Å². The van der Waals surface area contributed by atoms with Crippen molar-refractivity contribution in [3.05, 3.63) is 73.2 Å². The maximum Gasteiger partial charge on any atom is 0.161 e. The molecule has 0 aliphatic carbocycles. The Balaban J connectivity index is 1.48. The molecule has 5 aromatic heterocycles. The number of anilines is 1. The Morgan fingerprint density at radius 2 is 1.76 bits per heavy atom. The highest BCUT2D eigenvalue weighted by Gasteiger charge is 2.17. The first-order valence-electron chi connectivity index (χ1n) is 10.6. The molecule has 5 heterocycles. The molecule has 0 amide bonds. The number of benzene rings is 1. The van der Waals surface area contributed by atoms with Crippen LogP contribution in [0.1, 0.15) is 0 Å². The van der Waals surface area contributed by atoms with E-state index in [2.05, 4.69) is 31.2 Å². The van der Waals surface area contributed by atoms with Crippen LogP contribution >= 0.6 is 0 Å². The number of hydrogen-bond acceptors (Lipinski definition) is 6. The lowest BCUT2D eigenvalue weighted by molar-refractivity contribution is 1.10. The van der Waals surface area contributed by atoms with Crippen molar-refractivity contribution in [1.82, 2.24) is 35.1 Å². The van der Waals surface area contributed by atoms with Gasteiger partial charge in [0.25, 0.3) is 0 Å². The zero-order chi connectivity index (χ0) is 22.4. The second-order valence-electron chi connectivity index (χ2n) is 7.99. The van der Waals surface area contributed by atoms with Crippen LogP contribution in [0.2, 0.25) is 0 Å². The molecular weight excluding hydrogens is 412 g/mol. The van der Waals surface area contributed by atoms with Gasteiger partial charge >= 0.3 is 0 Å². The summed E-state index contributed by atoms with van der Waals surface area (Å²) in [7, 11) is 3.98. The van der Waals surface area contributed by atoms with E-state index in [0.717, 1.165) is 50.3 Å². The molecular formula is C25H20N8. The summed E-state index contributed by atoms with van der Waals surface area (Å²) in [5.41, 5.74) is 8.66. The zero-order valence-corrected chi connectivity index (χ0v) is 18.1. The van der Waals surface area contributed by atoms with Crippen molar-refractivity contribution < 1.29 is 0 Å². The summed E-state index contributed by atoms with van der Waals surface area (Å²) in [6, 6.07) is 17.9. The van der Waals surface area contributed by atoms with Crippen molar-refractivity contribution in [2.75, 3.05) is 19.0 Å². The Bertz CT molecular complexity index is 1600. The number of aromatic amines is 2. The average molecular weight is 432 g/mol. The summed E-state index contributed by atoms with van der Waals surface area (Å²) in [6.45, 7) is 0. The molecule has 6 aromatic rings. The van der Waals surface area contributed by atoms with E-state index >= 15 is 0 Å². The highest BCUT2D eigenvalue weighted by Crippen LogP contribution is 2.31. The highest BCUT2D eigenvalue weighted by atomic mass is 15.2. The molecule has 33 heavy (non-hydrogen) atoms. The molecule has 2 N–H and O–H groups in total. The molecule has 0 atom stereocenters. The van der Waals surface area contributed by atoms with Crippen molar-refractivity contribution in [1.29, 1.82) is 0 Å². The monoisotopic (exact) mass is 432 g/mol. The largest absolute Gasteiger partial charge is 0.376 e. The molecule has 6 rings (SSSR count). The first-order chi connectivity index (χ1) is 16.2. The van der Waals surface area contributed by atoms with Gasteiger partial charge in [0, 0.05) is 37.6 Å². The number of fused-ring (bicyclic) bond motifs is 2. The summed E-state index contributed by atoms with van der Waals surface area (Å²) < 4.78 is 0. The quantitative estimate of drug-likeness (QED) is 0.419. The third-order valence-corrected chi connectivity index (χ3v) is 5.62. The van der Waals surface area contributed by atoms with Crippen LogP contribution in [0.25, 0.3) is 56.1 Å². The van der Waals surface area contributed by atoms with E-state index in [4.69, 9.17) is 9.97 Å². The lowest BCUT2D eigenvalue weighted by atomic mass is 10.1. The van der Waals surface area contributed by atoms with Gasteiger partial charge in [-0.25, -0.2) is 9.97 Å². The second-order valence-corrected chi connectivity index (χ2v) is 7.99. The standard InChI is InChI=1S/C25H20N8/c1-33(2)16-12-15(13-26-14-16)18-9-10-21-23(28-18)24(32-31-21)25-29-20-8-5-6-17(22(20)30-25)19-7-3-4-11-27-19/h3-14H,1-2H3,(H,29,30)(H,31,32). The number of pyridine rings is 3. The topological polar surface area (TPSA) is 99.3 Å². The molecule has 0 unspecified atom stereocenters. The minimum Gasteiger partial charge on any atom is -0.376 e. The van der Waals surface area contributed by atoms with Gasteiger partial charge in [-0.1, -0.05) is 18.2 Å². The summed E-state index contributed by atoms with van der Waals surface area (Å²) in [6.07, 6.45) is 5.44. The van der Waals surface area contributed by atoms with Crippen LogP contribution in [0, 0.1) is 0 Å². The van der Waals surface area contributed by atoms with E-state index in [1.807, 2.05) is 79.9 Å². The molecule has 0 spiro atoms. The van der Waals surface area contributed by atoms with Crippen molar-refractivity contribution in [2.24, 2.45) is 0 Å². The van der Waals surface area contributed by atoms with Gasteiger partial charge in [0.05, 0.1) is 39.8 Å². The lowest BCUT2D eigenvalue weighted by Gasteiger charge is -2.12. The van der Waals surface area contributed by atoms with E-state index in [1.54, 1.807) is 6.20 Å². The van der Waals surface area contributed by atoms with Crippen LogP contribution in [0.15, 0.2) is 73.2 Å². The van der Waals surface area contributed by atoms with Crippen molar-refractivity contribution >= 4 is 27.8 Å². The van der Waals surface area contributed by atoms with Gasteiger partial charge in [-0.2, -0.15) is 5.10 Å². The predicted molar refractivity (Wildman–Crippen MR) is 130 cm³/mol. The Labute approximate surface area is 189 Å². The molecule has 8 nitrogen and oxygen atoms in total. The van der Waals surface area contributed by atoms with Gasteiger partial charge < -0.3 is 9.88 Å². The minimum atomic E-state index is 0.657. The number of aromatic nitrogens is 7. The van der Waals surface area contributed by atoms with Gasteiger partial charge in [0.2, 0.25) is 0 Å². The van der Waals surface area contributed by atoms with Crippen LogP contribution in [-0.4, -0.2) is 49.2 Å². The van der Waals surface area contributed by atoms with Gasteiger partial charge in [-0.3, -0.25) is 15.1 Å². The van der Waals surface area contributed by atoms with E-state index < -0.39 is 0 Å². The second kappa shape index (κ2) is 7.52. The Morgan fingerprint density at radius 1 is 0.818 bits per heavy atom. The van der Waals surface area contributed by atoms with Crippen LogP contribution < -0.4 is 4.90 Å². The van der Waals surface area contributed by atoms with E-state index in [0.29, 0.717) is 11.5 Å². The molecule has 0 fully saturated rings. The third-order valence-electron chi connectivity index (χ3n) is 5.62. The Morgan fingerprint density at radius 3 is 2.61 bits per heavy atom. The van der Waals surface area contributed by atoms with Crippen LogP contribution in [-0.2, 0) is 0 Å². The number of imidazole rings is 1. The van der Waals surface area contributed by atoms with Crippen LogP contribution in [0.5, 0.6) is 0 Å². The molecule has 0 aliphatic rings. The summed E-state index contributed by atoms with van der Waals surface area (Å²) >= 11 is 0. The number of rotatable bonds is 4. The minimum absolute atomic E-state index is 0.657. The SMILES string of the molecule is CN(C)c1cncc(-c2ccc3[nH]nc(-c4nc5c(-c6ccccn6)cccc5[nH]4)c3n2)c1. The number of hydrogen-bond donors (Lipinski definition) is 2. The average Bonchev–Trinajstić information content (AvgIpc) is 3.48. The molecule has 0 saturated carbocycles. The van der Waals surface area contributed by atoms with Crippen LogP contribution in [0.4, 0.5) is 5.69 Å². The van der Waals surface area contributed by atoms with E-state index in [1.165, 1.54) is 0 Å². The normalized spacial score (nSPS) is 11.3. The first-order valence-corrected chi connectivity index (χ1v) is 10.6. The summed E-state index contributed by atoms with van der Waals surface area (Å²) in [5.74, 6) is 0.657. The van der Waals surface area contributed by atoms with Gasteiger partial charge in [0.15, 0.2) is 11.5 Å². The fourth-order valence-electron chi connectivity index (χ4n) is 3.91. The maximum atomic E-state index is 4.91. The van der Waals surface area contributed by atoms with Crippen LogP contribution in [0.3, 0.4) is 0 Å². The fraction of sp³-hybridized carbons (Fsp3) is 0.0800. The molecule has 160 valence electrons. The number of nitrogens with one attached hydrogen (secondary N) is 2. The Hall–Kier alpha value is -4.59. The van der Waals surface area contributed by atoms with E-state index in [9.17, 15) is 0 Å². The number of H-pyrrole nitrogens is 2. The smallest absolute Gasteiger partial charge is 0.161 e. The molecule has 0 bridgehead atoms. The fourth-order valence-corrected chi connectivity index (χ4v) is 3.91. The molecule has 8 heteroatoms. The molecule has 1 aromatic carbocycles. The predicted octanol–water partition coefficient (Wildman–Crippen LogP) is 4.69. The van der Waals surface area contributed by atoms with Gasteiger partial charge in [-0.05, 0) is 36.4 Å². The molecule has 0 radical (unpaired) electrons. The van der Waals surface area contributed by atoms with Crippen molar-refractivity contribution in [2.45, 2.75) is 0 Å². The van der Waals surface area contributed by atoms with Crippen molar-refractivity contribution in [3.8, 4) is 34.0 Å². The van der Waals surface area contributed by atoms with Gasteiger partial charge in [0.1, 0.15) is 5.52 Å². The first kappa shape index (κ1) is 19.1. The summed E-state index contributed by atoms with van der Waals surface area (Å²) in [5, 5.41) is 7.60. The lowest BCUT2D eigenvalue weighted by Crippen LogP contribution is -2.08. The summed E-state index contributed by atoms with van der Waals surface area (Å²) in [4.78, 5) is 24.1. The molecule has 0 aliphatic heterocycles. The zero-order valence-electron chi connectivity index (χ0n) is 18.1.